The van der Waals surface area contributed by atoms with Crippen LogP contribution in [0.5, 0.6) is 0 Å². The van der Waals surface area contributed by atoms with Gasteiger partial charge >= 0.3 is 0 Å². The van der Waals surface area contributed by atoms with Crippen LogP contribution in [0.1, 0.15) is 78.6 Å². The lowest BCUT2D eigenvalue weighted by atomic mass is 9.76. The molecule has 2 aliphatic carbocycles. The van der Waals surface area contributed by atoms with Crippen LogP contribution in [0.4, 0.5) is 0 Å². The van der Waals surface area contributed by atoms with Crippen molar-refractivity contribution in [2.75, 3.05) is 6.54 Å². The first-order chi connectivity index (χ1) is 9.85. The number of carbonyl (C=O) groups excluding carboxylic acids is 1. The van der Waals surface area contributed by atoms with Gasteiger partial charge in [0.1, 0.15) is 0 Å². The van der Waals surface area contributed by atoms with Gasteiger partial charge in [-0.3, -0.25) is 4.79 Å². The van der Waals surface area contributed by atoms with Crippen LogP contribution in [-0.4, -0.2) is 23.2 Å². The number of amides is 1. The maximum absolute atomic E-state index is 12.7. The van der Waals surface area contributed by atoms with Crippen LogP contribution in [0.15, 0.2) is 0 Å². The molecule has 0 bridgehead atoms. The lowest BCUT2D eigenvalue weighted by Crippen LogP contribution is -2.49. The Hall–Kier alpha value is -0.570. The first-order valence-electron chi connectivity index (χ1n) is 8.86. The highest BCUT2D eigenvalue weighted by molar-refractivity contribution is 5.83. The van der Waals surface area contributed by atoms with Crippen molar-refractivity contribution in [1.29, 1.82) is 0 Å². The van der Waals surface area contributed by atoms with E-state index in [1.807, 2.05) is 0 Å². The van der Waals surface area contributed by atoms with Gasteiger partial charge in [-0.25, -0.2) is 0 Å². The fourth-order valence-corrected chi connectivity index (χ4v) is 4.58. The zero-order valence-corrected chi connectivity index (χ0v) is 14.1. The molecule has 0 spiro atoms. The SMILES string of the molecule is CC(C)CC1(C(=O)NCC2(O)CCCC(C)C2)CCCC1. The molecule has 1 amide bonds. The Labute approximate surface area is 129 Å². The average molecular weight is 295 g/mol. The highest BCUT2D eigenvalue weighted by Gasteiger charge is 2.42. The zero-order chi connectivity index (χ0) is 15.5. The standard InChI is InChI=1S/C18H33NO2/c1-14(2)11-17(8-4-5-9-17)16(20)19-13-18(21)10-6-7-15(3)12-18/h14-15,21H,4-13H2,1-3H3,(H,19,20). The summed E-state index contributed by atoms with van der Waals surface area (Å²) in [5.41, 5.74) is -0.838. The molecule has 21 heavy (non-hydrogen) atoms. The third-order valence-electron chi connectivity index (χ3n) is 5.49. The first kappa shape index (κ1) is 16.8. The van der Waals surface area contributed by atoms with Crippen molar-refractivity contribution in [3.8, 4) is 0 Å². The minimum absolute atomic E-state index is 0.162. The topological polar surface area (TPSA) is 49.3 Å². The van der Waals surface area contributed by atoms with E-state index in [0.717, 1.165) is 38.5 Å². The number of carbonyl (C=O) groups is 1. The normalized spacial score (nSPS) is 32.3. The van der Waals surface area contributed by atoms with Crippen molar-refractivity contribution in [1.82, 2.24) is 5.32 Å². The molecule has 2 fully saturated rings. The Kier molecular flexibility index (Phi) is 5.34. The Morgan fingerprint density at radius 3 is 2.48 bits per heavy atom. The molecule has 0 heterocycles. The zero-order valence-electron chi connectivity index (χ0n) is 14.1. The smallest absolute Gasteiger partial charge is 0.226 e. The summed E-state index contributed by atoms with van der Waals surface area (Å²) in [6.07, 6.45) is 9.28. The van der Waals surface area contributed by atoms with Gasteiger partial charge in [0.15, 0.2) is 0 Å². The van der Waals surface area contributed by atoms with Crippen LogP contribution in [-0.2, 0) is 4.79 Å². The second-order valence-electron chi connectivity index (χ2n) is 8.19. The Morgan fingerprint density at radius 1 is 1.24 bits per heavy atom. The number of hydrogen-bond acceptors (Lipinski definition) is 2. The average Bonchev–Trinajstić information content (AvgIpc) is 2.84. The number of hydrogen-bond donors (Lipinski definition) is 2. The summed E-state index contributed by atoms with van der Waals surface area (Å²) < 4.78 is 0. The molecule has 3 nitrogen and oxygen atoms in total. The van der Waals surface area contributed by atoms with Gasteiger partial charge in [0, 0.05) is 12.0 Å². The summed E-state index contributed by atoms with van der Waals surface area (Å²) in [6, 6.07) is 0. The molecule has 0 saturated heterocycles. The molecular weight excluding hydrogens is 262 g/mol. The molecule has 2 rings (SSSR count). The Balaban J connectivity index is 1.93. The monoisotopic (exact) mass is 295 g/mol. The molecule has 0 aliphatic heterocycles. The fourth-order valence-electron chi connectivity index (χ4n) is 4.58. The summed E-state index contributed by atoms with van der Waals surface area (Å²) in [7, 11) is 0. The van der Waals surface area contributed by atoms with E-state index in [1.54, 1.807) is 0 Å². The van der Waals surface area contributed by atoms with E-state index < -0.39 is 5.60 Å². The van der Waals surface area contributed by atoms with Crippen LogP contribution in [0.3, 0.4) is 0 Å². The van der Waals surface area contributed by atoms with Crippen LogP contribution < -0.4 is 5.32 Å². The fraction of sp³-hybridized carbons (Fsp3) is 0.944. The van der Waals surface area contributed by atoms with E-state index in [2.05, 4.69) is 26.1 Å². The summed E-state index contributed by atoms with van der Waals surface area (Å²) in [5, 5.41) is 13.8. The van der Waals surface area contributed by atoms with Crippen LogP contribution in [0.2, 0.25) is 0 Å². The van der Waals surface area contributed by atoms with Gasteiger partial charge in [-0.2, -0.15) is 0 Å². The molecular formula is C18H33NO2. The molecule has 2 atom stereocenters. The molecule has 2 aliphatic rings. The third-order valence-corrected chi connectivity index (χ3v) is 5.49. The summed E-state index contributed by atoms with van der Waals surface area (Å²) in [4.78, 5) is 12.7. The van der Waals surface area contributed by atoms with Gasteiger partial charge in [-0.1, -0.05) is 46.5 Å². The lowest BCUT2D eigenvalue weighted by molar-refractivity contribution is -0.133. The number of aliphatic hydroxyl groups is 1. The summed E-state index contributed by atoms with van der Waals surface area (Å²) >= 11 is 0. The summed E-state index contributed by atoms with van der Waals surface area (Å²) in [5.74, 6) is 1.31. The van der Waals surface area contributed by atoms with Crippen LogP contribution in [0, 0.1) is 17.3 Å². The molecule has 2 N–H and O–H groups in total. The Morgan fingerprint density at radius 2 is 1.90 bits per heavy atom. The molecule has 122 valence electrons. The quantitative estimate of drug-likeness (QED) is 0.813. The van der Waals surface area contributed by atoms with E-state index in [1.165, 1.54) is 19.3 Å². The van der Waals surface area contributed by atoms with Crippen molar-refractivity contribution >= 4 is 5.91 Å². The summed E-state index contributed by atoms with van der Waals surface area (Å²) in [6.45, 7) is 7.03. The largest absolute Gasteiger partial charge is 0.388 e. The predicted octanol–water partition coefficient (Wildman–Crippen LogP) is 3.65. The van der Waals surface area contributed by atoms with Crippen LogP contribution in [0.25, 0.3) is 0 Å². The predicted molar refractivity (Wildman–Crippen MR) is 85.9 cm³/mol. The minimum Gasteiger partial charge on any atom is -0.388 e. The minimum atomic E-state index is -0.676. The van der Waals surface area contributed by atoms with Crippen LogP contribution >= 0.6 is 0 Å². The van der Waals surface area contributed by atoms with Crippen molar-refractivity contribution in [3.63, 3.8) is 0 Å². The van der Waals surface area contributed by atoms with Gasteiger partial charge in [0.05, 0.1) is 5.60 Å². The van der Waals surface area contributed by atoms with Crippen molar-refractivity contribution in [3.05, 3.63) is 0 Å². The van der Waals surface area contributed by atoms with Gasteiger partial charge in [0.25, 0.3) is 0 Å². The molecule has 0 aromatic heterocycles. The molecule has 0 aromatic carbocycles. The van der Waals surface area contributed by atoms with Crippen molar-refractivity contribution in [2.45, 2.75) is 84.2 Å². The first-order valence-corrected chi connectivity index (χ1v) is 8.86. The van der Waals surface area contributed by atoms with Gasteiger partial charge in [0.2, 0.25) is 5.91 Å². The van der Waals surface area contributed by atoms with E-state index in [9.17, 15) is 9.90 Å². The van der Waals surface area contributed by atoms with E-state index >= 15 is 0 Å². The maximum Gasteiger partial charge on any atom is 0.226 e. The molecule has 2 unspecified atom stereocenters. The van der Waals surface area contributed by atoms with E-state index in [-0.39, 0.29) is 11.3 Å². The number of rotatable bonds is 5. The van der Waals surface area contributed by atoms with Gasteiger partial charge in [-0.05, 0) is 43.9 Å². The highest BCUT2D eigenvalue weighted by Crippen LogP contribution is 2.43. The second-order valence-corrected chi connectivity index (χ2v) is 8.19. The van der Waals surface area contributed by atoms with Crippen molar-refractivity contribution < 1.29 is 9.90 Å². The molecule has 0 aromatic rings. The van der Waals surface area contributed by atoms with Gasteiger partial charge < -0.3 is 10.4 Å². The second kappa shape index (κ2) is 6.68. The lowest BCUT2D eigenvalue weighted by Gasteiger charge is -2.37. The number of nitrogens with one attached hydrogen (secondary N) is 1. The Bertz CT molecular complexity index is 360. The van der Waals surface area contributed by atoms with E-state index in [0.29, 0.717) is 18.4 Å². The van der Waals surface area contributed by atoms with Gasteiger partial charge in [-0.15, -0.1) is 0 Å². The van der Waals surface area contributed by atoms with E-state index in [4.69, 9.17) is 0 Å². The molecule has 2 saturated carbocycles. The third kappa shape index (κ3) is 4.21. The highest BCUT2D eigenvalue weighted by atomic mass is 16.3. The van der Waals surface area contributed by atoms with Crippen molar-refractivity contribution in [2.24, 2.45) is 17.3 Å². The molecule has 0 radical (unpaired) electrons. The maximum atomic E-state index is 12.7. The molecule has 3 heteroatoms.